The van der Waals surface area contributed by atoms with Crippen LogP contribution >= 0.6 is 0 Å². The molecule has 3 rings (SSSR count). The summed E-state index contributed by atoms with van der Waals surface area (Å²) in [7, 11) is 0. The number of hydrogen-bond acceptors (Lipinski definition) is 5. The van der Waals surface area contributed by atoms with Crippen LogP contribution in [0.4, 0.5) is 5.82 Å². The van der Waals surface area contributed by atoms with Crippen molar-refractivity contribution < 1.29 is 19.4 Å². The summed E-state index contributed by atoms with van der Waals surface area (Å²) >= 11 is 0. The molecule has 7 nitrogen and oxygen atoms in total. The molecule has 2 N–H and O–H groups in total. The van der Waals surface area contributed by atoms with Crippen LogP contribution in [0.1, 0.15) is 36.5 Å². The summed E-state index contributed by atoms with van der Waals surface area (Å²) < 4.78 is 5.74. The molecule has 2 aliphatic rings. The molecule has 0 aromatic carbocycles. The second kappa shape index (κ2) is 6.25. The number of amides is 2. The van der Waals surface area contributed by atoms with Gasteiger partial charge in [0, 0.05) is 38.4 Å². The van der Waals surface area contributed by atoms with E-state index < -0.39 is 11.7 Å². The third-order valence-corrected chi connectivity index (χ3v) is 4.54. The van der Waals surface area contributed by atoms with Crippen LogP contribution in [0.25, 0.3) is 0 Å². The van der Waals surface area contributed by atoms with Gasteiger partial charge in [0.1, 0.15) is 11.9 Å². The van der Waals surface area contributed by atoms with Gasteiger partial charge < -0.3 is 20.1 Å². The molecule has 0 saturated carbocycles. The number of hydrogen-bond donors (Lipinski definition) is 2. The molecule has 7 heteroatoms. The van der Waals surface area contributed by atoms with Crippen LogP contribution < -0.4 is 5.32 Å². The third kappa shape index (κ3) is 3.20. The van der Waals surface area contributed by atoms with Gasteiger partial charge in [0.05, 0.1) is 5.60 Å². The van der Waals surface area contributed by atoms with Gasteiger partial charge in [0.15, 0.2) is 0 Å². The molecule has 124 valence electrons. The van der Waals surface area contributed by atoms with Crippen molar-refractivity contribution in [2.45, 2.75) is 37.9 Å². The number of anilines is 1. The zero-order valence-electron chi connectivity index (χ0n) is 13.1. The fourth-order valence-corrected chi connectivity index (χ4v) is 3.32. The van der Waals surface area contributed by atoms with Crippen LogP contribution in [-0.4, -0.2) is 58.2 Å². The van der Waals surface area contributed by atoms with Crippen molar-refractivity contribution >= 4 is 17.6 Å². The number of pyridine rings is 1. The first kappa shape index (κ1) is 15.9. The Morgan fingerprint density at radius 3 is 2.96 bits per heavy atom. The Bertz CT molecular complexity index is 613. The van der Waals surface area contributed by atoms with Crippen molar-refractivity contribution in [1.29, 1.82) is 0 Å². The Hall–Kier alpha value is -1.99. The first-order chi connectivity index (χ1) is 11.0. The highest BCUT2D eigenvalue weighted by Crippen LogP contribution is 2.36. The van der Waals surface area contributed by atoms with Gasteiger partial charge in [0.2, 0.25) is 5.91 Å². The monoisotopic (exact) mass is 319 g/mol. The number of ether oxygens (including phenoxy) is 1. The van der Waals surface area contributed by atoms with E-state index in [1.54, 1.807) is 17.0 Å². The molecule has 1 aromatic heterocycles. The fourth-order valence-electron chi connectivity index (χ4n) is 3.32. The van der Waals surface area contributed by atoms with Crippen LogP contribution in [0.15, 0.2) is 18.3 Å². The van der Waals surface area contributed by atoms with E-state index in [4.69, 9.17) is 4.74 Å². The summed E-state index contributed by atoms with van der Waals surface area (Å²) in [6.07, 6.45) is 3.26. The lowest BCUT2D eigenvalue weighted by Crippen LogP contribution is -2.56. The number of nitrogens with zero attached hydrogens (tertiary/aromatic N) is 2. The smallest absolute Gasteiger partial charge is 0.254 e. The number of carbonyl (C=O) groups is 2. The van der Waals surface area contributed by atoms with Gasteiger partial charge in [-0.1, -0.05) is 0 Å². The predicted octanol–water partition coefficient (Wildman–Crippen LogP) is 0.796. The Morgan fingerprint density at radius 2 is 2.30 bits per heavy atom. The zero-order valence-corrected chi connectivity index (χ0v) is 13.1. The second-order valence-corrected chi connectivity index (χ2v) is 6.14. The fraction of sp³-hybridized carbons (Fsp3) is 0.562. The molecule has 2 amide bonds. The van der Waals surface area contributed by atoms with E-state index in [-0.39, 0.29) is 18.4 Å². The summed E-state index contributed by atoms with van der Waals surface area (Å²) in [5.74, 6) is -0.0711. The van der Waals surface area contributed by atoms with Gasteiger partial charge in [-0.3, -0.25) is 9.59 Å². The lowest BCUT2D eigenvalue weighted by atomic mass is 9.86. The number of piperidine rings is 1. The summed E-state index contributed by atoms with van der Waals surface area (Å²) in [6.45, 7) is 2.87. The first-order valence-corrected chi connectivity index (χ1v) is 7.85. The lowest BCUT2D eigenvalue weighted by Gasteiger charge is -2.42. The highest BCUT2D eigenvalue weighted by Gasteiger charge is 2.46. The molecule has 2 saturated heterocycles. The molecular formula is C16H21N3O4. The van der Waals surface area contributed by atoms with Gasteiger partial charge in [-0.05, 0) is 31.4 Å². The van der Waals surface area contributed by atoms with Crippen molar-refractivity contribution in [2.24, 2.45) is 0 Å². The Morgan fingerprint density at radius 1 is 1.48 bits per heavy atom. The molecule has 0 radical (unpaired) electrons. The average Bonchev–Trinajstić information content (AvgIpc) is 2.99. The molecule has 2 atom stereocenters. The summed E-state index contributed by atoms with van der Waals surface area (Å²) in [6, 6.07) is 3.16. The van der Waals surface area contributed by atoms with Gasteiger partial charge >= 0.3 is 0 Å². The molecule has 2 aliphatic heterocycles. The van der Waals surface area contributed by atoms with Crippen molar-refractivity contribution in [3.05, 3.63) is 23.9 Å². The molecule has 1 aromatic rings. The minimum atomic E-state index is -0.667. The van der Waals surface area contributed by atoms with E-state index in [2.05, 4.69) is 10.3 Å². The Kier molecular flexibility index (Phi) is 4.32. The SMILES string of the molecule is CC(=O)Nc1cc(C(=O)N2CC[C@@]3(CCCO3)[C@@H](O)C2)ccn1. The minimum Gasteiger partial charge on any atom is -0.388 e. The van der Waals surface area contributed by atoms with Crippen molar-refractivity contribution in [1.82, 2.24) is 9.88 Å². The highest BCUT2D eigenvalue weighted by molar-refractivity contribution is 5.96. The number of likely N-dealkylation sites (tertiary alicyclic amines) is 1. The minimum absolute atomic E-state index is 0.175. The lowest BCUT2D eigenvalue weighted by molar-refractivity contribution is -0.122. The Balaban J connectivity index is 1.70. The molecule has 2 fully saturated rings. The van der Waals surface area contributed by atoms with E-state index in [1.165, 1.54) is 13.1 Å². The van der Waals surface area contributed by atoms with Crippen molar-refractivity contribution in [3.8, 4) is 0 Å². The van der Waals surface area contributed by atoms with Gasteiger partial charge in [-0.2, -0.15) is 0 Å². The number of rotatable bonds is 2. The number of β-amino-alcohol motifs (C(OH)–C–C–N with tert-alkyl or cyclic N) is 1. The maximum atomic E-state index is 12.6. The highest BCUT2D eigenvalue weighted by atomic mass is 16.5. The van der Waals surface area contributed by atoms with Crippen molar-refractivity contribution in [3.63, 3.8) is 0 Å². The quantitative estimate of drug-likeness (QED) is 0.841. The van der Waals surface area contributed by atoms with Crippen LogP contribution in [0.3, 0.4) is 0 Å². The zero-order chi connectivity index (χ0) is 16.4. The summed E-state index contributed by atoms with van der Waals surface area (Å²) in [5, 5.41) is 13.0. The van der Waals surface area contributed by atoms with Crippen LogP contribution in [0, 0.1) is 0 Å². The predicted molar refractivity (Wildman–Crippen MR) is 83.0 cm³/mol. The first-order valence-electron chi connectivity index (χ1n) is 7.85. The van der Waals surface area contributed by atoms with Gasteiger partial charge in [-0.25, -0.2) is 4.98 Å². The Labute approximate surface area is 134 Å². The van der Waals surface area contributed by atoms with E-state index in [1.807, 2.05) is 0 Å². The molecule has 0 bridgehead atoms. The molecule has 23 heavy (non-hydrogen) atoms. The second-order valence-electron chi connectivity index (χ2n) is 6.14. The summed E-state index contributed by atoms with van der Waals surface area (Å²) in [5.41, 5.74) is -0.0321. The van der Waals surface area contributed by atoms with E-state index in [9.17, 15) is 14.7 Å². The molecule has 3 heterocycles. The maximum absolute atomic E-state index is 12.6. The number of aliphatic hydroxyl groups excluding tert-OH is 1. The number of nitrogens with one attached hydrogen (secondary N) is 1. The van der Waals surface area contributed by atoms with Crippen LogP contribution in [-0.2, 0) is 9.53 Å². The molecule has 1 spiro atoms. The summed E-state index contributed by atoms with van der Waals surface area (Å²) in [4.78, 5) is 29.3. The van der Waals surface area contributed by atoms with Crippen LogP contribution in [0.2, 0.25) is 0 Å². The average molecular weight is 319 g/mol. The molecular weight excluding hydrogens is 298 g/mol. The number of carbonyl (C=O) groups excluding carboxylic acids is 2. The molecule has 0 aliphatic carbocycles. The standard InChI is InChI=1S/C16H21N3O4/c1-11(20)18-14-9-12(3-6-17-14)15(22)19-7-5-16(13(21)10-19)4-2-8-23-16/h3,6,9,13,21H,2,4-5,7-8,10H2,1H3,(H,17,18,20)/t13-,16-/m0/s1. The van der Waals surface area contributed by atoms with Crippen molar-refractivity contribution in [2.75, 3.05) is 25.0 Å². The third-order valence-electron chi connectivity index (χ3n) is 4.54. The van der Waals surface area contributed by atoms with E-state index in [0.29, 0.717) is 31.0 Å². The molecule has 0 unspecified atom stereocenters. The number of aliphatic hydroxyl groups is 1. The normalized spacial score (nSPS) is 27.2. The van der Waals surface area contributed by atoms with E-state index in [0.717, 1.165) is 12.8 Å². The maximum Gasteiger partial charge on any atom is 0.254 e. The number of aromatic nitrogens is 1. The largest absolute Gasteiger partial charge is 0.388 e. The van der Waals surface area contributed by atoms with Gasteiger partial charge in [-0.15, -0.1) is 0 Å². The van der Waals surface area contributed by atoms with Crippen LogP contribution in [0.5, 0.6) is 0 Å². The topological polar surface area (TPSA) is 91.8 Å². The van der Waals surface area contributed by atoms with Gasteiger partial charge in [0.25, 0.3) is 5.91 Å². The van der Waals surface area contributed by atoms with E-state index >= 15 is 0 Å².